The average molecular weight is 327 g/mol. The molecule has 0 heterocycles. The van der Waals surface area contributed by atoms with E-state index in [1.54, 1.807) is 20.2 Å². The molecule has 0 bridgehead atoms. The number of rotatable bonds is 6. The van der Waals surface area contributed by atoms with Gasteiger partial charge in [0.2, 0.25) is 5.91 Å². The van der Waals surface area contributed by atoms with Crippen molar-refractivity contribution >= 4 is 17.6 Å². The second-order valence-electron chi connectivity index (χ2n) is 5.17. The number of para-hydroxylation sites is 1. The lowest BCUT2D eigenvalue weighted by atomic mass is 10.1. The van der Waals surface area contributed by atoms with Crippen LogP contribution in [0.5, 0.6) is 5.75 Å². The predicted molar refractivity (Wildman–Crippen MR) is 93.1 cm³/mol. The second-order valence-corrected chi connectivity index (χ2v) is 5.17. The highest BCUT2D eigenvalue weighted by atomic mass is 16.5. The minimum atomic E-state index is -0.331. The van der Waals surface area contributed by atoms with E-state index >= 15 is 0 Å². The number of carbonyl (C=O) groups excluding carboxylic acids is 2. The van der Waals surface area contributed by atoms with Crippen molar-refractivity contribution in [1.82, 2.24) is 10.6 Å². The summed E-state index contributed by atoms with van der Waals surface area (Å²) in [4.78, 5) is 23.6. The molecule has 0 saturated carbocycles. The van der Waals surface area contributed by atoms with E-state index in [-0.39, 0.29) is 18.4 Å². The van der Waals surface area contributed by atoms with Crippen molar-refractivity contribution in [2.75, 3.05) is 19.5 Å². The largest absolute Gasteiger partial charge is 0.497 e. The fourth-order valence-corrected chi connectivity index (χ4v) is 2.19. The van der Waals surface area contributed by atoms with Gasteiger partial charge in [-0.1, -0.05) is 30.3 Å². The maximum absolute atomic E-state index is 12.1. The maximum atomic E-state index is 12.1. The van der Waals surface area contributed by atoms with Gasteiger partial charge in [-0.25, -0.2) is 4.79 Å². The molecule has 24 heavy (non-hydrogen) atoms. The van der Waals surface area contributed by atoms with Crippen molar-refractivity contribution in [3.8, 4) is 5.75 Å². The second kappa shape index (κ2) is 8.57. The molecule has 0 aliphatic rings. The van der Waals surface area contributed by atoms with Crippen molar-refractivity contribution in [1.29, 1.82) is 0 Å². The van der Waals surface area contributed by atoms with Crippen molar-refractivity contribution < 1.29 is 14.3 Å². The van der Waals surface area contributed by atoms with Gasteiger partial charge in [0.1, 0.15) is 5.75 Å². The lowest BCUT2D eigenvalue weighted by Crippen LogP contribution is -2.29. The monoisotopic (exact) mass is 327 g/mol. The number of hydrogen-bond donors (Lipinski definition) is 3. The smallest absolute Gasteiger partial charge is 0.319 e. The van der Waals surface area contributed by atoms with Crippen LogP contribution in [0.2, 0.25) is 0 Å². The first-order valence-corrected chi connectivity index (χ1v) is 7.58. The van der Waals surface area contributed by atoms with Gasteiger partial charge in [-0.05, 0) is 29.3 Å². The SMILES string of the molecule is CNC(=O)Cc1ccccc1NC(=O)NCc1cccc(OC)c1. The molecule has 3 amide bonds. The number of carbonyl (C=O) groups is 2. The fraction of sp³-hybridized carbons (Fsp3) is 0.222. The summed E-state index contributed by atoms with van der Waals surface area (Å²) in [6, 6.07) is 14.4. The van der Waals surface area contributed by atoms with Gasteiger partial charge in [0.05, 0.1) is 13.5 Å². The minimum Gasteiger partial charge on any atom is -0.497 e. The molecule has 0 spiro atoms. The molecule has 0 aromatic heterocycles. The molecule has 6 nitrogen and oxygen atoms in total. The van der Waals surface area contributed by atoms with Crippen LogP contribution < -0.4 is 20.7 Å². The summed E-state index contributed by atoms with van der Waals surface area (Å²) in [5.41, 5.74) is 2.31. The van der Waals surface area contributed by atoms with E-state index in [0.717, 1.165) is 16.9 Å². The van der Waals surface area contributed by atoms with Gasteiger partial charge in [0.25, 0.3) is 0 Å². The van der Waals surface area contributed by atoms with Crippen LogP contribution in [0.3, 0.4) is 0 Å². The van der Waals surface area contributed by atoms with Crippen LogP contribution in [-0.2, 0) is 17.8 Å². The van der Waals surface area contributed by atoms with Gasteiger partial charge in [-0.3, -0.25) is 4.79 Å². The Kier molecular flexibility index (Phi) is 6.19. The normalized spacial score (nSPS) is 9.92. The van der Waals surface area contributed by atoms with E-state index in [1.807, 2.05) is 42.5 Å². The number of urea groups is 1. The summed E-state index contributed by atoms with van der Waals surface area (Å²) in [6.45, 7) is 0.376. The third-order valence-corrected chi connectivity index (χ3v) is 3.48. The molecular weight excluding hydrogens is 306 g/mol. The van der Waals surface area contributed by atoms with Crippen LogP contribution in [0.4, 0.5) is 10.5 Å². The first-order chi connectivity index (χ1) is 11.6. The van der Waals surface area contributed by atoms with E-state index in [2.05, 4.69) is 16.0 Å². The summed E-state index contributed by atoms with van der Waals surface area (Å²) in [5.74, 6) is 0.631. The van der Waals surface area contributed by atoms with E-state index in [4.69, 9.17) is 4.74 Å². The highest BCUT2D eigenvalue weighted by Crippen LogP contribution is 2.16. The van der Waals surface area contributed by atoms with Crippen LogP contribution in [0.25, 0.3) is 0 Å². The van der Waals surface area contributed by atoms with Gasteiger partial charge in [-0.2, -0.15) is 0 Å². The lowest BCUT2D eigenvalue weighted by Gasteiger charge is -2.12. The number of amides is 3. The van der Waals surface area contributed by atoms with Crippen molar-refractivity contribution in [3.63, 3.8) is 0 Å². The molecule has 2 rings (SSSR count). The standard InChI is InChI=1S/C18H21N3O3/c1-19-17(22)11-14-7-3-4-9-16(14)21-18(23)20-12-13-6-5-8-15(10-13)24-2/h3-10H,11-12H2,1-2H3,(H,19,22)(H2,20,21,23). The number of anilines is 1. The molecule has 0 aliphatic heterocycles. The first-order valence-electron chi connectivity index (χ1n) is 7.58. The lowest BCUT2D eigenvalue weighted by molar-refractivity contribution is -0.119. The number of likely N-dealkylation sites (N-methyl/N-ethyl adjacent to an activating group) is 1. The van der Waals surface area contributed by atoms with E-state index < -0.39 is 0 Å². The molecule has 126 valence electrons. The third-order valence-electron chi connectivity index (χ3n) is 3.48. The molecule has 0 radical (unpaired) electrons. The number of hydrogen-bond acceptors (Lipinski definition) is 3. The van der Waals surface area contributed by atoms with Gasteiger partial charge >= 0.3 is 6.03 Å². The Labute approximate surface area is 141 Å². The van der Waals surface area contributed by atoms with Crippen molar-refractivity contribution in [2.24, 2.45) is 0 Å². The maximum Gasteiger partial charge on any atom is 0.319 e. The Balaban J connectivity index is 1.96. The summed E-state index contributed by atoms with van der Waals surface area (Å²) in [6.07, 6.45) is 0.211. The number of nitrogens with one attached hydrogen (secondary N) is 3. The van der Waals surface area contributed by atoms with Crippen LogP contribution in [-0.4, -0.2) is 26.1 Å². The number of methoxy groups -OCH3 is 1. The predicted octanol–water partition coefficient (Wildman–Crippen LogP) is 2.31. The van der Waals surface area contributed by atoms with Crippen LogP contribution in [0.15, 0.2) is 48.5 Å². The summed E-state index contributed by atoms with van der Waals surface area (Å²) >= 11 is 0. The molecular formula is C18H21N3O3. The Morgan fingerprint density at radius 1 is 1.08 bits per heavy atom. The minimum absolute atomic E-state index is 0.110. The fourth-order valence-electron chi connectivity index (χ4n) is 2.19. The van der Waals surface area contributed by atoms with Gasteiger partial charge in [0, 0.05) is 19.3 Å². The van der Waals surface area contributed by atoms with E-state index in [0.29, 0.717) is 12.2 Å². The van der Waals surface area contributed by atoms with E-state index in [9.17, 15) is 9.59 Å². The van der Waals surface area contributed by atoms with Gasteiger partial charge in [0.15, 0.2) is 0 Å². The topological polar surface area (TPSA) is 79.5 Å². The molecule has 0 saturated heterocycles. The summed E-state index contributed by atoms with van der Waals surface area (Å²) in [5, 5.41) is 8.14. The number of benzene rings is 2. The molecule has 2 aromatic carbocycles. The van der Waals surface area contributed by atoms with Crippen molar-refractivity contribution in [3.05, 3.63) is 59.7 Å². The Morgan fingerprint density at radius 2 is 1.88 bits per heavy atom. The quantitative estimate of drug-likeness (QED) is 0.762. The van der Waals surface area contributed by atoms with Crippen molar-refractivity contribution in [2.45, 2.75) is 13.0 Å². The Morgan fingerprint density at radius 3 is 2.62 bits per heavy atom. The highest BCUT2D eigenvalue weighted by molar-refractivity contribution is 5.91. The van der Waals surface area contributed by atoms with Gasteiger partial charge < -0.3 is 20.7 Å². The van der Waals surface area contributed by atoms with Crippen LogP contribution in [0.1, 0.15) is 11.1 Å². The zero-order valence-electron chi connectivity index (χ0n) is 13.8. The molecule has 0 aliphatic carbocycles. The molecule has 0 atom stereocenters. The van der Waals surface area contributed by atoms with Gasteiger partial charge in [-0.15, -0.1) is 0 Å². The molecule has 0 unspecified atom stereocenters. The Hall–Kier alpha value is -3.02. The zero-order chi connectivity index (χ0) is 17.4. The Bertz CT molecular complexity index is 716. The summed E-state index contributed by atoms with van der Waals surface area (Å²) in [7, 11) is 3.18. The highest BCUT2D eigenvalue weighted by Gasteiger charge is 2.09. The molecule has 6 heteroatoms. The molecule has 0 fully saturated rings. The third kappa shape index (κ3) is 5.01. The summed E-state index contributed by atoms with van der Waals surface area (Å²) < 4.78 is 5.15. The molecule has 2 aromatic rings. The zero-order valence-corrected chi connectivity index (χ0v) is 13.8. The first kappa shape index (κ1) is 17.3. The van der Waals surface area contributed by atoms with Crippen LogP contribution in [0, 0.1) is 0 Å². The van der Waals surface area contributed by atoms with Crippen LogP contribution >= 0.6 is 0 Å². The van der Waals surface area contributed by atoms with E-state index in [1.165, 1.54) is 0 Å². The average Bonchev–Trinajstić information content (AvgIpc) is 2.61. The molecule has 3 N–H and O–H groups in total. The number of ether oxygens (including phenoxy) is 1.